The molecule has 1 saturated heterocycles. The Morgan fingerprint density at radius 3 is 2.95 bits per heavy atom. The molecule has 0 unspecified atom stereocenters. The van der Waals surface area contributed by atoms with Gasteiger partial charge in [-0.2, -0.15) is 0 Å². The zero-order chi connectivity index (χ0) is 15.8. The van der Waals surface area contributed by atoms with Gasteiger partial charge in [0.05, 0.1) is 6.10 Å². The number of nitrogens with zero attached hydrogens (tertiary/aromatic N) is 2. The van der Waals surface area contributed by atoms with Gasteiger partial charge in [-0.25, -0.2) is 4.98 Å². The molecule has 0 spiro atoms. The van der Waals surface area contributed by atoms with Gasteiger partial charge in [-0.05, 0) is 38.9 Å². The summed E-state index contributed by atoms with van der Waals surface area (Å²) < 4.78 is 5.63. The number of ether oxygens (including phenoxy) is 1. The number of hydrogen-bond acceptors (Lipinski definition) is 5. The first-order chi connectivity index (χ1) is 10.7. The Balaban J connectivity index is 1.77. The molecule has 2 heterocycles. The molecule has 1 aliphatic heterocycles. The predicted octanol–water partition coefficient (Wildman–Crippen LogP) is 0.894. The molecule has 1 fully saturated rings. The summed E-state index contributed by atoms with van der Waals surface area (Å²) in [5.41, 5.74) is 0.360. The Hall–Kier alpha value is -1.66. The van der Waals surface area contributed by atoms with Crippen LogP contribution >= 0.6 is 0 Å². The Morgan fingerprint density at radius 2 is 2.23 bits per heavy atom. The Morgan fingerprint density at radius 1 is 1.45 bits per heavy atom. The van der Waals surface area contributed by atoms with Crippen molar-refractivity contribution in [3.05, 3.63) is 24.0 Å². The summed E-state index contributed by atoms with van der Waals surface area (Å²) in [6.07, 6.45) is 2.57. The fraction of sp³-hybridized carbons (Fsp3) is 0.625. The van der Waals surface area contributed by atoms with E-state index in [1.54, 1.807) is 18.3 Å². The molecule has 2 rings (SSSR count). The summed E-state index contributed by atoms with van der Waals surface area (Å²) in [6.45, 7) is 9.80. The topological polar surface area (TPSA) is 66.5 Å². The van der Waals surface area contributed by atoms with Crippen LogP contribution in [0.1, 0.15) is 30.8 Å². The summed E-state index contributed by atoms with van der Waals surface area (Å²) in [4.78, 5) is 18.8. The van der Waals surface area contributed by atoms with Crippen molar-refractivity contribution in [2.45, 2.75) is 26.4 Å². The number of pyridine rings is 1. The number of rotatable bonds is 7. The van der Waals surface area contributed by atoms with E-state index in [0.29, 0.717) is 18.0 Å². The van der Waals surface area contributed by atoms with E-state index in [9.17, 15) is 4.79 Å². The fourth-order valence-electron chi connectivity index (χ4n) is 2.43. The lowest BCUT2D eigenvalue weighted by molar-refractivity contribution is 0.0939. The molecule has 0 aromatic carbocycles. The second-order valence-electron chi connectivity index (χ2n) is 5.72. The van der Waals surface area contributed by atoms with Crippen LogP contribution in [-0.4, -0.2) is 61.2 Å². The van der Waals surface area contributed by atoms with Crippen molar-refractivity contribution in [1.29, 1.82) is 0 Å². The van der Waals surface area contributed by atoms with Gasteiger partial charge in [-0.3, -0.25) is 4.79 Å². The predicted molar refractivity (Wildman–Crippen MR) is 86.3 cm³/mol. The molecule has 6 nitrogen and oxygen atoms in total. The van der Waals surface area contributed by atoms with Crippen LogP contribution in [0.15, 0.2) is 18.3 Å². The molecule has 122 valence electrons. The van der Waals surface area contributed by atoms with Crippen molar-refractivity contribution in [2.24, 2.45) is 0 Å². The average molecular weight is 306 g/mol. The van der Waals surface area contributed by atoms with Crippen LogP contribution in [0.5, 0.6) is 5.75 Å². The number of hydrogen-bond donors (Lipinski definition) is 2. The van der Waals surface area contributed by atoms with E-state index in [-0.39, 0.29) is 12.0 Å². The quantitative estimate of drug-likeness (QED) is 0.733. The van der Waals surface area contributed by atoms with E-state index in [1.165, 1.54) is 0 Å². The molecular weight excluding hydrogens is 280 g/mol. The summed E-state index contributed by atoms with van der Waals surface area (Å²) >= 11 is 0. The highest BCUT2D eigenvalue weighted by Crippen LogP contribution is 2.16. The van der Waals surface area contributed by atoms with Crippen LogP contribution in [0.2, 0.25) is 0 Å². The van der Waals surface area contributed by atoms with Crippen molar-refractivity contribution >= 4 is 5.91 Å². The zero-order valence-electron chi connectivity index (χ0n) is 13.5. The molecule has 0 radical (unpaired) electrons. The summed E-state index contributed by atoms with van der Waals surface area (Å²) in [5.74, 6) is 0.369. The molecule has 6 heteroatoms. The smallest absolute Gasteiger partial charge is 0.273 e. The number of carbonyl (C=O) groups is 1. The Labute approximate surface area is 132 Å². The molecule has 1 aromatic rings. The van der Waals surface area contributed by atoms with Crippen molar-refractivity contribution in [3.63, 3.8) is 0 Å². The molecule has 22 heavy (non-hydrogen) atoms. The molecule has 1 aliphatic rings. The minimum atomic E-state index is -0.170. The van der Waals surface area contributed by atoms with Crippen LogP contribution in [0, 0.1) is 0 Å². The minimum Gasteiger partial charge on any atom is -0.489 e. The maximum Gasteiger partial charge on any atom is 0.273 e. The number of nitrogens with one attached hydrogen (secondary N) is 2. The van der Waals surface area contributed by atoms with Crippen molar-refractivity contribution < 1.29 is 9.53 Å². The summed E-state index contributed by atoms with van der Waals surface area (Å²) in [5, 5.41) is 6.26. The molecule has 1 amide bonds. The van der Waals surface area contributed by atoms with Crippen LogP contribution < -0.4 is 15.4 Å². The first-order valence-corrected chi connectivity index (χ1v) is 8.00. The number of aromatic nitrogens is 1. The van der Waals surface area contributed by atoms with E-state index in [0.717, 1.165) is 39.1 Å². The summed E-state index contributed by atoms with van der Waals surface area (Å²) in [7, 11) is 0. The highest BCUT2D eigenvalue weighted by Gasteiger charge is 2.15. The van der Waals surface area contributed by atoms with E-state index in [2.05, 4.69) is 20.5 Å². The monoisotopic (exact) mass is 306 g/mol. The first-order valence-electron chi connectivity index (χ1n) is 8.00. The minimum absolute atomic E-state index is 0.0171. The standard InChI is InChI=1S/C16H26N4O2/c1-13(2)22-14-5-3-6-18-15(14)16(21)19-7-4-10-20-11-8-17-9-12-20/h3,5-6,13,17H,4,7-12H2,1-2H3,(H,19,21). The molecule has 0 atom stereocenters. The molecule has 0 saturated carbocycles. The third kappa shape index (κ3) is 5.27. The van der Waals surface area contributed by atoms with Crippen LogP contribution in [-0.2, 0) is 0 Å². The third-order valence-corrected chi connectivity index (χ3v) is 3.49. The maximum absolute atomic E-state index is 12.2. The van der Waals surface area contributed by atoms with Crippen LogP contribution in [0.3, 0.4) is 0 Å². The number of carbonyl (C=O) groups excluding carboxylic acids is 1. The van der Waals surface area contributed by atoms with E-state index < -0.39 is 0 Å². The highest BCUT2D eigenvalue weighted by molar-refractivity contribution is 5.94. The normalized spacial score (nSPS) is 15.8. The van der Waals surface area contributed by atoms with Gasteiger partial charge in [0.15, 0.2) is 11.4 Å². The molecule has 2 N–H and O–H groups in total. The van der Waals surface area contributed by atoms with Gasteiger partial charge in [-0.15, -0.1) is 0 Å². The summed E-state index contributed by atoms with van der Waals surface area (Å²) in [6, 6.07) is 3.56. The maximum atomic E-state index is 12.2. The number of piperazine rings is 1. The third-order valence-electron chi connectivity index (χ3n) is 3.49. The van der Waals surface area contributed by atoms with Gasteiger partial charge >= 0.3 is 0 Å². The van der Waals surface area contributed by atoms with Crippen molar-refractivity contribution in [3.8, 4) is 5.75 Å². The number of amides is 1. The zero-order valence-corrected chi connectivity index (χ0v) is 13.5. The second kappa shape index (κ2) is 8.70. The van der Waals surface area contributed by atoms with Gasteiger partial charge < -0.3 is 20.3 Å². The van der Waals surface area contributed by atoms with E-state index in [4.69, 9.17) is 4.74 Å². The first kappa shape index (κ1) is 16.7. The lowest BCUT2D eigenvalue weighted by Gasteiger charge is -2.27. The largest absolute Gasteiger partial charge is 0.489 e. The van der Waals surface area contributed by atoms with Gasteiger partial charge in [0, 0.05) is 38.9 Å². The molecule has 0 aliphatic carbocycles. The van der Waals surface area contributed by atoms with Gasteiger partial charge in [0.25, 0.3) is 5.91 Å². The molecular formula is C16H26N4O2. The van der Waals surface area contributed by atoms with E-state index >= 15 is 0 Å². The van der Waals surface area contributed by atoms with Gasteiger partial charge in [0.2, 0.25) is 0 Å². The van der Waals surface area contributed by atoms with Gasteiger partial charge in [-0.1, -0.05) is 0 Å². The van der Waals surface area contributed by atoms with Gasteiger partial charge in [0.1, 0.15) is 0 Å². The molecule has 0 bridgehead atoms. The van der Waals surface area contributed by atoms with Crippen LogP contribution in [0.4, 0.5) is 0 Å². The van der Waals surface area contributed by atoms with Crippen molar-refractivity contribution in [1.82, 2.24) is 20.5 Å². The highest BCUT2D eigenvalue weighted by atomic mass is 16.5. The Bertz CT molecular complexity index is 473. The van der Waals surface area contributed by atoms with Crippen LogP contribution in [0.25, 0.3) is 0 Å². The lowest BCUT2D eigenvalue weighted by Crippen LogP contribution is -2.44. The fourth-order valence-corrected chi connectivity index (χ4v) is 2.43. The lowest BCUT2D eigenvalue weighted by atomic mass is 10.3. The molecule has 1 aromatic heterocycles. The SMILES string of the molecule is CC(C)Oc1cccnc1C(=O)NCCCN1CCNCC1. The average Bonchev–Trinajstić information content (AvgIpc) is 2.52. The second-order valence-corrected chi connectivity index (χ2v) is 5.72. The van der Waals surface area contributed by atoms with Crippen molar-refractivity contribution in [2.75, 3.05) is 39.3 Å². The Kier molecular flexibility index (Phi) is 6.61. The van der Waals surface area contributed by atoms with E-state index in [1.807, 2.05) is 13.8 Å².